The normalized spacial score (nSPS) is 48.6. The number of hydrogen-bond acceptors (Lipinski definition) is 19. The topological polar surface area (TPSA) is 246 Å². The number of carbonyl (C=O) groups is 2. The number of ether oxygens (including phenoxy) is 12. The van der Waals surface area contributed by atoms with Crippen LogP contribution in [0, 0.1) is 16.7 Å². The van der Waals surface area contributed by atoms with E-state index in [1.165, 1.54) is 13.0 Å². The maximum Gasteiger partial charge on any atom is 0.331 e. The smallest absolute Gasteiger partial charge is 0.331 e. The number of fused-ring (bicyclic) bond motifs is 5. The van der Waals surface area contributed by atoms with Crippen molar-refractivity contribution in [1.82, 2.24) is 0 Å². The molecule has 4 aliphatic carbocycles. The summed E-state index contributed by atoms with van der Waals surface area (Å²) in [5, 5.41) is 60.1. The third-order valence-electron chi connectivity index (χ3n) is 19.3. The van der Waals surface area contributed by atoms with Gasteiger partial charge in [-0.25, -0.2) is 4.79 Å². The van der Waals surface area contributed by atoms with Gasteiger partial charge in [-0.05, 0) is 104 Å². The molecule has 0 unspecified atom stereocenters. The predicted molar refractivity (Wildman–Crippen MR) is 271 cm³/mol. The molecule has 3 saturated carbocycles. The quantitative estimate of drug-likeness (QED) is 0.0917. The summed E-state index contributed by atoms with van der Waals surface area (Å²) in [5.41, 5.74) is -6.35. The number of rotatable bonds is 15. The van der Waals surface area contributed by atoms with Gasteiger partial charge in [-0.15, -0.1) is 0 Å². The standard InChI is InChI=1S/C57H84O19/c1-30-49(61)39(65-8)26-46(68-30)75-51-33(4)71-48(28-41(51)67-10)76-52-32(3)70-47(27-40(52)66-9)74-50-31(2)69-45(25-38(50)59)72-37-19-20-53(6)36(24-37)18-21-56(63)42(53)29-43(73-44(60)17-16-35-14-12-11-13-15-35)54(7)55(62,34(5)58)22-23-57(54,56)64/h11-18,30-33,37-43,45-52,59,61-64H,19-29H2,1-10H3/b17-16+/t30-,31-,32-,33-,37+,38+,39-,40-,41-,42-,43-,45+,46+,47+,48+,49-,50-,51-,52-,53+,54-,55-,56+,57-/m1/s1. The average Bonchev–Trinajstić information content (AvgIpc) is 3.72. The Labute approximate surface area is 446 Å². The minimum Gasteiger partial charge on any atom is -0.458 e. The summed E-state index contributed by atoms with van der Waals surface area (Å²) in [6.07, 6.45) is -3.15. The van der Waals surface area contributed by atoms with Gasteiger partial charge in [0.25, 0.3) is 0 Å². The molecule has 8 aliphatic rings. The SMILES string of the molecule is CO[C@@H]1C[C@H](O[C@@H]2[C@@H](C)O[C@@H](O[C@@H]3[C@@H](C)O[C@@H](O[C@H]4[C@@H](O)C[C@H](O[C@H]5CC[C@@]6(C)C(=CC[C@]7(O)[C@@H]6C[C@@H](OC(=O)/C=C/c6ccccc6)[C@@]6(C)[C@]7(O)CC[C@@]6(O)C(C)=O)C5)O[C@@H]4C)C[C@H]3OC)C[C@H]2OC)O[C@H](C)[C@H]1O. The summed E-state index contributed by atoms with van der Waals surface area (Å²) in [4.78, 5) is 26.9. The van der Waals surface area contributed by atoms with Gasteiger partial charge < -0.3 is 82.4 Å². The van der Waals surface area contributed by atoms with E-state index >= 15 is 0 Å². The van der Waals surface area contributed by atoms with E-state index in [4.69, 9.17) is 56.8 Å². The third-order valence-corrected chi connectivity index (χ3v) is 19.3. The fourth-order valence-corrected chi connectivity index (χ4v) is 14.8. The van der Waals surface area contributed by atoms with Crippen molar-refractivity contribution in [3.8, 4) is 0 Å². The molecule has 19 heteroatoms. The number of hydrogen-bond donors (Lipinski definition) is 5. The van der Waals surface area contributed by atoms with Crippen LogP contribution in [0.25, 0.3) is 6.08 Å². The van der Waals surface area contributed by atoms with E-state index in [1.807, 2.05) is 57.2 Å². The molecule has 19 nitrogen and oxygen atoms in total. The Balaban J connectivity index is 0.798. The summed E-state index contributed by atoms with van der Waals surface area (Å²) in [6, 6.07) is 9.27. The first-order chi connectivity index (χ1) is 36.0. The van der Waals surface area contributed by atoms with Crippen LogP contribution in [0.1, 0.15) is 125 Å². The molecular weight excluding hydrogens is 989 g/mol. The minimum atomic E-state index is -2.06. The first-order valence-electron chi connectivity index (χ1n) is 27.5. The van der Waals surface area contributed by atoms with Crippen LogP contribution in [0.2, 0.25) is 0 Å². The summed E-state index contributed by atoms with van der Waals surface area (Å²) < 4.78 is 74.7. The average molecular weight is 1070 g/mol. The van der Waals surface area contributed by atoms with Crippen molar-refractivity contribution in [2.75, 3.05) is 21.3 Å². The molecular formula is C57H84O19. The van der Waals surface area contributed by atoms with Crippen molar-refractivity contribution < 1.29 is 92.0 Å². The molecule has 426 valence electrons. The Morgan fingerprint density at radius 3 is 1.78 bits per heavy atom. The van der Waals surface area contributed by atoms with E-state index in [-0.39, 0.29) is 44.3 Å². The molecule has 4 heterocycles. The second kappa shape index (κ2) is 22.6. The van der Waals surface area contributed by atoms with Gasteiger partial charge >= 0.3 is 5.97 Å². The van der Waals surface area contributed by atoms with Crippen molar-refractivity contribution in [2.45, 2.75) is 247 Å². The van der Waals surface area contributed by atoms with Crippen molar-refractivity contribution in [1.29, 1.82) is 0 Å². The summed E-state index contributed by atoms with van der Waals surface area (Å²) in [7, 11) is 4.78. The molecule has 4 aliphatic heterocycles. The molecule has 0 amide bonds. The second-order valence-corrected chi connectivity index (χ2v) is 23.4. The lowest BCUT2D eigenvalue weighted by atomic mass is 9.42. The lowest BCUT2D eigenvalue weighted by Crippen LogP contribution is -2.78. The van der Waals surface area contributed by atoms with Gasteiger partial charge in [0.1, 0.15) is 47.3 Å². The second-order valence-electron chi connectivity index (χ2n) is 23.4. The molecule has 4 saturated heterocycles. The summed E-state index contributed by atoms with van der Waals surface area (Å²) in [5.74, 6) is -1.84. The number of Topliss-reactive ketones (excluding diaryl/α,β-unsaturated/α-hetero) is 1. The van der Waals surface area contributed by atoms with Crippen molar-refractivity contribution in [3.63, 3.8) is 0 Å². The fraction of sp³-hybridized carbons (Fsp3) is 0.789. The van der Waals surface area contributed by atoms with E-state index in [1.54, 1.807) is 41.3 Å². The fourth-order valence-electron chi connectivity index (χ4n) is 14.8. The van der Waals surface area contributed by atoms with Crippen LogP contribution < -0.4 is 0 Å². The predicted octanol–water partition coefficient (Wildman–Crippen LogP) is 4.58. The van der Waals surface area contributed by atoms with Crippen molar-refractivity contribution >= 4 is 17.8 Å². The highest BCUT2D eigenvalue weighted by Gasteiger charge is 2.81. The van der Waals surface area contributed by atoms with Gasteiger partial charge in [0.05, 0.1) is 60.4 Å². The zero-order valence-corrected chi connectivity index (χ0v) is 45.8. The number of benzene rings is 1. The minimum absolute atomic E-state index is 0.0615. The molecule has 7 fully saturated rings. The highest BCUT2D eigenvalue weighted by Crippen LogP contribution is 2.71. The van der Waals surface area contributed by atoms with E-state index in [9.17, 15) is 35.1 Å². The summed E-state index contributed by atoms with van der Waals surface area (Å²) >= 11 is 0. The Kier molecular flexibility index (Phi) is 17.2. The highest BCUT2D eigenvalue weighted by atomic mass is 16.8. The number of carbonyl (C=O) groups excluding carboxylic acids is 2. The molecule has 1 aromatic rings. The lowest BCUT2D eigenvalue weighted by Gasteiger charge is -2.67. The van der Waals surface area contributed by atoms with Crippen LogP contribution in [-0.4, -0.2) is 186 Å². The number of aliphatic hydroxyl groups is 5. The van der Waals surface area contributed by atoms with Crippen LogP contribution in [0.4, 0.5) is 0 Å². The molecule has 0 bridgehead atoms. The maximum atomic E-state index is 13.6. The Hall–Kier alpha value is -2.80. The molecule has 0 aromatic heterocycles. The van der Waals surface area contributed by atoms with E-state index in [2.05, 4.69) is 6.92 Å². The highest BCUT2D eigenvalue weighted by molar-refractivity contribution is 5.88. The zero-order chi connectivity index (χ0) is 54.7. The summed E-state index contributed by atoms with van der Waals surface area (Å²) in [6.45, 7) is 12.3. The molecule has 0 spiro atoms. The molecule has 1 aromatic carbocycles. The number of aliphatic hydroxyl groups excluding tert-OH is 2. The number of esters is 1. The molecule has 24 atom stereocenters. The van der Waals surface area contributed by atoms with Gasteiger partial charge in [-0.1, -0.05) is 48.9 Å². The first-order valence-corrected chi connectivity index (χ1v) is 27.5. The Morgan fingerprint density at radius 1 is 0.671 bits per heavy atom. The monoisotopic (exact) mass is 1070 g/mol. The lowest BCUT2D eigenvalue weighted by molar-refractivity contribution is -0.346. The third kappa shape index (κ3) is 10.3. The number of ketones is 1. The molecule has 76 heavy (non-hydrogen) atoms. The van der Waals surface area contributed by atoms with Gasteiger partial charge in [0.2, 0.25) is 0 Å². The van der Waals surface area contributed by atoms with Gasteiger partial charge in [-0.3, -0.25) is 4.79 Å². The van der Waals surface area contributed by atoms with Gasteiger partial charge in [0, 0.05) is 59.0 Å². The van der Waals surface area contributed by atoms with Gasteiger partial charge in [-0.2, -0.15) is 0 Å². The van der Waals surface area contributed by atoms with E-state index < -0.39 is 144 Å². The molecule has 9 rings (SSSR count). The van der Waals surface area contributed by atoms with Crippen LogP contribution >= 0.6 is 0 Å². The van der Waals surface area contributed by atoms with E-state index in [0.717, 1.165) is 11.1 Å². The first kappa shape index (κ1) is 57.9. The molecule has 0 radical (unpaired) electrons. The van der Waals surface area contributed by atoms with Crippen LogP contribution in [0.5, 0.6) is 0 Å². The van der Waals surface area contributed by atoms with E-state index in [0.29, 0.717) is 38.5 Å². The Morgan fingerprint density at radius 2 is 1.21 bits per heavy atom. The van der Waals surface area contributed by atoms with Crippen LogP contribution in [0.3, 0.4) is 0 Å². The van der Waals surface area contributed by atoms with Crippen molar-refractivity contribution in [2.24, 2.45) is 16.7 Å². The van der Waals surface area contributed by atoms with Crippen molar-refractivity contribution in [3.05, 3.63) is 53.6 Å². The Bertz CT molecular complexity index is 2240. The van der Waals surface area contributed by atoms with Gasteiger partial charge in [0.15, 0.2) is 30.9 Å². The largest absolute Gasteiger partial charge is 0.458 e. The zero-order valence-electron chi connectivity index (χ0n) is 45.8. The van der Waals surface area contributed by atoms with Crippen LogP contribution in [-0.2, 0) is 66.4 Å². The number of methoxy groups -OCH3 is 3. The maximum absolute atomic E-state index is 13.6. The molecule has 5 N–H and O–H groups in total. The van der Waals surface area contributed by atoms with Crippen LogP contribution in [0.15, 0.2) is 48.1 Å².